The van der Waals surface area contributed by atoms with Crippen molar-refractivity contribution < 1.29 is 4.79 Å². The quantitative estimate of drug-likeness (QED) is 0.760. The molecule has 0 N–H and O–H groups in total. The standard InChI is InChI=1S/C15H19NO/c1-3-13-11-16(10-9-12(13)2)15(17)14-7-5-4-6-8-14/h4-8,11-12H,3,9-10H2,1-2H3. The number of carbonyl (C=O) groups excluding carboxylic acids is 1. The largest absolute Gasteiger partial charge is 0.315 e. The molecular weight excluding hydrogens is 210 g/mol. The van der Waals surface area contributed by atoms with Gasteiger partial charge in [-0.05, 0) is 30.9 Å². The Balaban J connectivity index is 2.19. The Morgan fingerprint density at radius 3 is 2.71 bits per heavy atom. The van der Waals surface area contributed by atoms with Crippen LogP contribution in [-0.2, 0) is 0 Å². The first kappa shape index (κ1) is 11.9. The number of nitrogens with zero attached hydrogens (tertiary/aromatic N) is 1. The third-order valence-corrected chi connectivity index (χ3v) is 3.45. The summed E-state index contributed by atoms with van der Waals surface area (Å²) in [5.74, 6) is 0.725. The highest BCUT2D eigenvalue weighted by atomic mass is 16.2. The molecule has 1 aliphatic heterocycles. The molecule has 2 rings (SSSR count). The van der Waals surface area contributed by atoms with Gasteiger partial charge in [0.25, 0.3) is 5.91 Å². The summed E-state index contributed by atoms with van der Waals surface area (Å²) in [4.78, 5) is 14.1. The minimum Gasteiger partial charge on any atom is -0.315 e. The predicted molar refractivity (Wildman–Crippen MR) is 69.6 cm³/mol. The molecule has 90 valence electrons. The van der Waals surface area contributed by atoms with Gasteiger partial charge in [-0.15, -0.1) is 0 Å². The van der Waals surface area contributed by atoms with Crippen LogP contribution in [0.15, 0.2) is 42.1 Å². The van der Waals surface area contributed by atoms with Crippen LogP contribution in [-0.4, -0.2) is 17.4 Å². The Bertz CT molecular complexity index is 422. The van der Waals surface area contributed by atoms with Crippen LogP contribution in [0.25, 0.3) is 0 Å². The van der Waals surface area contributed by atoms with E-state index in [9.17, 15) is 4.79 Å². The van der Waals surface area contributed by atoms with Gasteiger partial charge >= 0.3 is 0 Å². The van der Waals surface area contributed by atoms with E-state index in [1.54, 1.807) is 0 Å². The average Bonchev–Trinajstić information content (AvgIpc) is 2.39. The first-order valence-corrected chi connectivity index (χ1v) is 6.29. The van der Waals surface area contributed by atoms with Gasteiger partial charge in [-0.25, -0.2) is 0 Å². The lowest BCUT2D eigenvalue weighted by atomic mass is 9.93. The molecule has 0 aliphatic carbocycles. The Morgan fingerprint density at radius 1 is 1.35 bits per heavy atom. The molecule has 0 bridgehead atoms. The zero-order valence-corrected chi connectivity index (χ0v) is 10.5. The molecular formula is C15H19NO. The fraction of sp³-hybridized carbons (Fsp3) is 0.400. The summed E-state index contributed by atoms with van der Waals surface area (Å²) < 4.78 is 0. The second-order valence-electron chi connectivity index (χ2n) is 4.61. The van der Waals surface area contributed by atoms with Gasteiger partial charge in [0.1, 0.15) is 0 Å². The zero-order valence-electron chi connectivity index (χ0n) is 10.5. The minimum atomic E-state index is 0.114. The van der Waals surface area contributed by atoms with Gasteiger partial charge in [-0.2, -0.15) is 0 Å². The molecule has 0 saturated carbocycles. The van der Waals surface area contributed by atoms with Gasteiger partial charge in [-0.3, -0.25) is 4.79 Å². The van der Waals surface area contributed by atoms with Crippen LogP contribution in [0.3, 0.4) is 0 Å². The van der Waals surface area contributed by atoms with Gasteiger partial charge in [0.05, 0.1) is 0 Å². The SMILES string of the molecule is CCC1=CN(C(=O)c2ccccc2)CCC1C. The molecule has 1 amide bonds. The molecule has 1 aromatic rings. The molecule has 17 heavy (non-hydrogen) atoms. The molecule has 1 heterocycles. The number of rotatable bonds is 2. The number of benzene rings is 1. The third-order valence-electron chi connectivity index (χ3n) is 3.45. The molecule has 1 atom stereocenters. The van der Waals surface area contributed by atoms with Crippen LogP contribution in [0, 0.1) is 5.92 Å². The summed E-state index contributed by atoms with van der Waals surface area (Å²) in [5, 5.41) is 0. The van der Waals surface area contributed by atoms with E-state index in [0.29, 0.717) is 5.92 Å². The van der Waals surface area contributed by atoms with Crippen LogP contribution in [0.2, 0.25) is 0 Å². The van der Waals surface area contributed by atoms with E-state index in [2.05, 4.69) is 13.8 Å². The van der Waals surface area contributed by atoms with Crippen LogP contribution >= 0.6 is 0 Å². The Labute approximate surface area is 103 Å². The number of hydrogen-bond donors (Lipinski definition) is 0. The molecule has 0 radical (unpaired) electrons. The van der Waals surface area contributed by atoms with Gasteiger partial charge in [0.15, 0.2) is 0 Å². The average molecular weight is 229 g/mol. The van der Waals surface area contributed by atoms with Crippen molar-refractivity contribution in [1.29, 1.82) is 0 Å². The molecule has 0 fully saturated rings. The van der Waals surface area contributed by atoms with Crippen LogP contribution in [0.5, 0.6) is 0 Å². The van der Waals surface area contributed by atoms with E-state index in [0.717, 1.165) is 24.9 Å². The lowest BCUT2D eigenvalue weighted by Crippen LogP contribution is -2.32. The fourth-order valence-electron chi connectivity index (χ4n) is 2.26. The smallest absolute Gasteiger partial charge is 0.257 e. The summed E-state index contributed by atoms with van der Waals surface area (Å²) in [6, 6.07) is 9.50. The predicted octanol–water partition coefficient (Wildman–Crippen LogP) is 3.46. The van der Waals surface area contributed by atoms with Gasteiger partial charge in [0.2, 0.25) is 0 Å². The van der Waals surface area contributed by atoms with Crippen LogP contribution in [0.4, 0.5) is 0 Å². The molecule has 0 aromatic heterocycles. The zero-order chi connectivity index (χ0) is 12.3. The highest BCUT2D eigenvalue weighted by Gasteiger charge is 2.21. The van der Waals surface area contributed by atoms with Crippen LogP contribution in [0.1, 0.15) is 37.0 Å². The first-order valence-electron chi connectivity index (χ1n) is 6.29. The topological polar surface area (TPSA) is 20.3 Å². The Morgan fingerprint density at radius 2 is 2.06 bits per heavy atom. The van der Waals surface area contributed by atoms with E-state index >= 15 is 0 Å². The molecule has 0 saturated heterocycles. The van der Waals surface area contributed by atoms with Crippen molar-refractivity contribution in [3.05, 3.63) is 47.7 Å². The maximum absolute atomic E-state index is 12.2. The summed E-state index contributed by atoms with van der Waals surface area (Å²) >= 11 is 0. The van der Waals surface area contributed by atoms with Crippen molar-refractivity contribution in [2.75, 3.05) is 6.54 Å². The van der Waals surface area contributed by atoms with E-state index < -0.39 is 0 Å². The Kier molecular flexibility index (Phi) is 3.62. The summed E-state index contributed by atoms with van der Waals surface area (Å²) in [6.07, 6.45) is 4.14. The minimum absolute atomic E-state index is 0.114. The van der Waals surface area contributed by atoms with E-state index in [-0.39, 0.29) is 5.91 Å². The van der Waals surface area contributed by atoms with Gasteiger partial charge in [-0.1, -0.05) is 37.6 Å². The summed E-state index contributed by atoms with van der Waals surface area (Å²) in [5.41, 5.74) is 2.15. The molecule has 1 aromatic carbocycles. The summed E-state index contributed by atoms with van der Waals surface area (Å²) in [6.45, 7) is 5.22. The number of allylic oxidation sites excluding steroid dienone is 1. The highest BCUT2D eigenvalue weighted by Crippen LogP contribution is 2.24. The Hall–Kier alpha value is -1.57. The monoisotopic (exact) mass is 229 g/mol. The fourth-order valence-corrected chi connectivity index (χ4v) is 2.26. The van der Waals surface area contributed by atoms with E-state index in [1.807, 2.05) is 41.4 Å². The van der Waals surface area contributed by atoms with Gasteiger partial charge in [0, 0.05) is 18.3 Å². The molecule has 2 heteroatoms. The van der Waals surface area contributed by atoms with Crippen molar-refractivity contribution in [1.82, 2.24) is 4.90 Å². The maximum atomic E-state index is 12.2. The molecule has 2 nitrogen and oxygen atoms in total. The van der Waals surface area contributed by atoms with E-state index in [4.69, 9.17) is 0 Å². The highest BCUT2D eigenvalue weighted by molar-refractivity contribution is 5.94. The van der Waals surface area contributed by atoms with Crippen molar-refractivity contribution in [3.8, 4) is 0 Å². The normalized spacial score (nSPS) is 20.0. The molecule has 1 unspecified atom stereocenters. The lowest BCUT2D eigenvalue weighted by molar-refractivity contribution is 0.0806. The number of hydrogen-bond acceptors (Lipinski definition) is 1. The maximum Gasteiger partial charge on any atom is 0.257 e. The second-order valence-corrected chi connectivity index (χ2v) is 4.61. The first-order chi connectivity index (χ1) is 8.22. The van der Waals surface area contributed by atoms with E-state index in [1.165, 1.54) is 5.57 Å². The van der Waals surface area contributed by atoms with Crippen molar-refractivity contribution in [2.45, 2.75) is 26.7 Å². The third kappa shape index (κ3) is 2.57. The lowest BCUT2D eigenvalue weighted by Gasteiger charge is -2.29. The number of carbonyl (C=O) groups is 1. The molecule has 0 spiro atoms. The second kappa shape index (κ2) is 5.17. The number of amides is 1. The van der Waals surface area contributed by atoms with Crippen LogP contribution < -0.4 is 0 Å². The van der Waals surface area contributed by atoms with Crippen molar-refractivity contribution in [3.63, 3.8) is 0 Å². The van der Waals surface area contributed by atoms with Crippen molar-refractivity contribution in [2.24, 2.45) is 5.92 Å². The van der Waals surface area contributed by atoms with Gasteiger partial charge < -0.3 is 4.90 Å². The summed E-state index contributed by atoms with van der Waals surface area (Å²) in [7, 11) is 0. The molecule has 1 aliphatic rings. The van der Waals surface area contributed by atoms with Crippen molar-refractivity contribution >= 4 is 5.91 Å².